The van der Waals surface area contributed by atoms with Gasteiger partial charge in [-0.05, 0) is 79.6 Å². The molecule has 2 amide bonds. The van der Waals surface area contributed by atoms with Crippen molar-refractivity contribution in [2.24, 2.45) is 0 Å². The van der Waals surface area contributed by atoms with Crippen molar-refractivity contribution in [1.82, 2.24) is 9.88 Å². The smallest absolute Gasteiger partial charge is 0.268 e. The van der Waals surface area contributed by atoms with Crippen molar-refractivity contribution in [3.05, 3.63) is 101 Å². The van der Waals surface area contributed by atoms with Crippen LogP contribution in [0.2, 0.25) is 0 Å². The first-order valence-corrected chi connectivity index (χ1v) is 14.0. The fourth-order valence-corrected chi connectivity index (χ4v) is 5.36. The Hall–Kier alpha value is -3.90. The van der Waals surface area contributed by atoms with Gasteiger partial charge in [0.05, 0.1) is 5.60 Å². The number of nitrogens with zero attached hydrogens (tertiary/aromatic N) is 1. The van der Waals surface area contributed by atoms with Crippen molar-refractivity contribution >= 4 is 28.4 Å². The van der Waals surface area contributed by atoms with Crippen LogP contribution in [-0.4, -0.2) is 35.1 Å². The molecule has 3 aromatic carbocycles. The Kier molecular flexibility index (Phi) is 7.56. The molecule has 6 heteroatoms. The molecule has 5 rings (SSSR count). The van der Waals surface area contributed by atoms with Gasteiger partial charge in [-0.2, -0.15) is 0 Å². The molecule has 40 heavy (non-hydrogen) atoms. The molecule has 208 valence electrons. The highest BCUT2D eigenvalue weighted by Crippen LogP contribution is 2.28. The van der Waals surface area contributed by atoms with Crippen LogP contribution in [0.4, 0.5) is 5.69 Å². The SMILES string of the molecule is Cc1cccc(Cn2c(C(=O)NCC3(C)CCCO3)cc3cc(NC(=O)c4ccc(C(C)(C)C)cc4)ccc32)c1. The lowest BCUT2D eigenvalue weighted by Crippen LogP contribution is -2.40. The summed E-state index contributed by atoms with van der Waals surface area (Å²) in [5.74, 6) is -0.299. The summed E-state index contributed by atoms with van der Waals surface area (Å²) in [6, 6.07) is 23.8. The summed E-state index contributed by atoms with van der Waals surface area (Å²) < 4.78 is 7.92. The van der Waals surface area contributed by atoms with Gasteiger partial charge in [0.2, 0.25) is 0 Å². The lowest BCUT2D eigenvalue weighted by molar-refractivity contribution is 0.0205. The minimum absolute atomic E-state index is 0.0253. The van der Waals surface area contributed by atoms with E-state index in [0.29, 0.717) is 30.0 Å². The van der Waals surface area contributed by atoms with E-state index in [4.69, 9.17) is 4.74 Å². The largest absolute Gasteiger partial charge is 0.373 e. The zero-order chi connectivity index (χ0) is 28.5. The second kappa shape index (κ2) is 10.9. The molecule has 1 atom stereocenters. The van der Waals surface area contributed by atoms with E-state index in [1.165, 1.54) is 11.1 Å². The van der Waals surface area contributed by atoms with Crippen LogP contribution in [0.3, 0.4) is 0 Å². The zero-order valence-electron chi connectivity index (χ0n) is 24.1. The number of anilines is 1. The molecule has 2 heterocycles. The van der Waals surface area contributed by atoms with Crippen molar-refractivity contribution in [3.63, 3.8) is 0 Å². The van der Waals surface area contributed by atoms with E-state index in [-0.39, 0.29) is 22.8 Å². The number of carbonyl (C=O) groups is 2. The molecule has 1 fully saturated rings. The van der Waals surface area contributed by atoms with Crippen LogP contribution in [-0.2, 0) is 16.7 Å². The summed E-state index contributed by atoms with van der Waals surface area (Å²) in [7, 11) is 0. The molecule has 0 radical (unpaired) electrons. The average Bonchev–Trinajstić information content (AvgIpc) is 3.51. The lowest BCUT2D eigenvalue weighted by Gasteiger charge is -2.23. The van der Waals surface area contributed by atoms with Gasteiger partial charge in [-0.25, -0.2) is 0 Å². The van der Waals surface area contributed by atoms with Gasteiger partial charge >= 0.3 is 0 Å². The quantitative estimate of drug-likeness (QED) is 0.271. The number of hydrogen-bond donors (Lipinski definition) is 2. The van der Waals surface area contributed by atoms with Crippen LogP contribution in [0.1, 0.15) is 78.1 Å². The Morgan fingerprint density at radius 3 is 2.42 bits per heavy atom. The molecule has 2 N–H and O–H groups in total. The van der Waals surface area contributed by atoms with Gasteiger partial charge in [0.15, 0.2) is 0 Å². The molecule has 1 aromatic heterocycles. The van der Waals surface area contributed by atoms with Crippen LogP contribution in [0, 0.1) is 6.92 Å². The summed E-state index contributed by atoms with van der Waals surface area (Å²) in [4.78, 5) is 26.5. The molecule has 0 aliphatic carbocycles. The number of aromatic nitrogens is 1. The summed E-state index contributed by atoms with van der Waals surface area (Å²) in [5, 5.41) is 7.03. The lowest BCUT2D eigenvalue weighted by atomic mass is 9.87. The summed E-state index contributed by atoms with van der Waals surface area (Å²) in [5.41, 5.74) is 5.97. The maximum atomic E-state index is 13.5. The van der Waals surface area contributed by atoms with Crippen LogP contribution < -0.4 is 10.6 Å². The van der Waals surface area contributed by atoms with Gasteiger partial charge in [0.1, 0.15) is 5.69 Å². The molecular formula is C34H39N3O3. The number of amides is 2. The maximum absolute atomic E-state index is 13.5. The minimum atomic E-state index is -0.328. The maximum Gasteiger partial charge on any atom is 0.268 e. The molecule has 4 aromatic rings. The van der Waals surface area contributed by atoms with Crippen LogP contribution in [0.15, 0.2) is 72.8 Å². The molecule has 0 saturated carbocycles. The monoisotopic (exact) mass is 537 g/mol. The van der Waals surface area contributed by atoms with Gasteiger partial charge < -0.3 is 19.9 Å². The number of benzene rings is 3. The highest BCUT2D eigenvalue weighted by Gasteiger charge is 2.30. The van der Waals surface area contributed by atoms with Crippen molar-refractivity contribution in [3.8, 4) is 0 Å². The molecule has 1 saturated heterocycles. The molecule has 1 aliphatic heterocycles. The fourth-order valence-electron chi connectivity index (χ4n) is 5.36. The molecule has 0 bridgehead atoms. The first-order chi connectivity index (χ1) is 19.0. The average molecular weight is 538 g/mol. The topological polar surface area (TPSA) is 72.4 Å². The van der Waals surface area contributed by atoms with Crippen molar-refractivity contribution < 1.29 is 14.3 Å². The standard InChI is InChI=1S/C34H39N3O3/c1-23-8-6-9-24(18-23)21-37-29-15-14-28(36-31(38)25-10-12-27(13-11-25)33(2,3)4)19-26(29)20-30(37)32(39)35-22-34(5)16-7-17-40-34/h6,8-15,18-20H,7,16-17,21-22H2,1-5H3,(H,35,39)(H,36,38). The fraction of sp³-hybridized carbons (Fsp3) is 0.353. The highest BCUT2D eigenvalue weighted by molar-refractivity contribution is 6.06. The van der Waals surface area contributed by atoms with E-state index in [9.17, 15) is 9.59 Å². The number of fused-ring (bicyclic) bond motifs is 1. The van der Waals surface area contributed by atoms with Crippen molar-refractivity contribution in [2.75, 3.05) is 18.5 Å². The van der Waals surface area contributed by atoms with E-state index in [2.05, 4.69) is 56.5 Å². The minimum Gasteiger partial charge on any atom is -0.373 e. The summed E-state index contributed by atoms with van der Waals surface area (Å²) in [6.45, 7) is 12.3. The van der Waals surface area contributed by atoms with Crippen molar-refractivity contribution in [2.45, 2.75) is 65.0 Å². The summed E-state index contributed by atoms with van der Waals surface area (Å²) in [6.07, 6.45) is 1.94. The Bertz CT molecular complexity index is 1540. The van der Waals surface area contributed by atoms with E-state index in [1.807, 2.05) is 66.1 Å². The number of aryl methyl sites for hydroxylation is 1. The first-order valence-electron chi connectivity index (χ1n) is 14.0. The molecular weight excluding hydrogens is 498 g/mol. The Morgan fingerprint density at radius 2 is 1.75 bits per heavy atom. The second-order valence-electron chi connectivity index (χ2n) is 12.2. The number of carbonyl (C=O) groups excluding carboxylic acids is 2. The van der Waals surface area contributed by atoms with Gasteiger partial charge in [0, 0.05) is 41.9 Å². The number of nitrogens with one attached hydrogen (secondary N) is 2. The normalized spacial score (nSPS) is 17.2. The van der Waals surface area contributed by atoms with E-state index >= 15 is 0 Å². The zero-order valence-corrected chi connectivity index (χ0v) is 24.1. The van der Waals surface area contributed by atoms with E-state index < -0.39 is 0 Å². The third-order valence-corrected chi connectivity index (χ3v) is 7.75. The third kappa shape index (κ3) is 6.13. The van der Waals surface area contributed by atoms with Gasteiger partial charge in [-0.15, -0.1) is 0 Å². The number of ether oxygens (including phenoxy) is 1. The predicted molar refractivity (Wildman–Crippen MR) is 161 cm³/mol. The van der Waals surface area contributed by atoms with Gasteiger partial charge in [-0.3, -0.25) is 9.59 Å². The predicted octanol–water partition coefficient (Wildman–Crippen LogP) is 6.85. The van der Waals surface area contributed by atoms with Crippen LogP contribution in [0.25, 0.3) is 10.9 Å². The molecule has 1 unspecified atom stereocenters. The Labute approximate surface area is 236 Å². The molecule has 6 nitrogen and oxygen atoms in total. The summed E-state index contributed by atoms with van der Waals surface area (Å²) >= 11 is 0. The van der Waals surface area contributed by atoms with Crippen molar-refractivity contribution in [1.29, 1.82) is 0 Å². The number of hydrogen-bond acceptors (Lipinski definition) is 3. The molecule has 0 spiro atoms. The van der Waals surface area contributed by atoms with E-state index in [0.717, 1.165) is 35.9 Å². The van der Waals surface area contributed by atoms with E-state index in [1.54, 1.807) is 0 Å². The highest BCUT2D eigenvalue weighted by atomic mass is 16.5. The van der Waals surface area contributed by atoms with Crippen LogP contribution in [0.5, 0.6) is 0 Å². The van der Waals surface area contributed by atoms with Gasteiger partial charge in [-0.1, -0.05) is 62.7 Å². The van der Waals surface area contributed by atoms with Gasteiger partial charge in [0.25, 0.3) is 11.8 Å². The Morgan fingerprint density at radius 1 is 0.975 bits per heavy atom. The molecule has 1 aliphatic rings. The Balaban J connectivity index is 1.42. The first kappa shape index (κ1) is 27.7. The number of rotatable bonds is 7. The second-order valence-corrected chi connectivity index (χ2v) is 12.2. The third-order valence-electron chi connectivity index (χ3n) is 7.75. The van der Waals surface area contributed by atoms with Crippen LogP contribution >= 0.6 is 0 Å².